The van der Waals surface area contributed by atoms with E-state index in [1.807, 2.05) is 83.1 Å². The van der Waals surface area contributed by atoms with Crippen molar-refractivity contribution in [2.45, 2.75) is 241 Å². The van der Waals surface area contributed by atoms with E-state index in [0.717, 1.165) is 26.7 Å². The van der Waals surface area contributed by atoms with Gasteiger partial charge >= 0.3 is 35.8 Å². The van der Waals surface area contributed by atoms with Gasteiger partial charge in [0.25, 0.3) is 0 Å². The predicted octanol–water partition coefficient (Wildman–Crippen LogP) is 15.2. The van der Waals surface area contributed by atoms with E-state index in [1.165, 1.54) is 0 Å². The van der Waals surface area contributed by atoms with Crippen molar-refractivity contribution in [3.05, 3.63) is 0 Å². The second kappa shape index (κ2) is 39.6. The molecule has 0 bridgehead atoms. The molecule has 0 heterocycles. The topological polar surface area (TPSA) is 158 Å². The summed E-state index contributed by atoms with van der Waals surface area (Å²) in [5.41, 5.74) is -2.91. The molecule has 0 amide bonds. The van der Waals surface area contributed by atoms with Crippen molar-refractivity contribution in [3.63, 3.8) is 0 Å². The second-order valence-electron chi connectivity index (χ2n) is 21.4. The van der Waals surface area contributed by atoms with Crippen LogP contribution in [0.15, 0.2) is 0 Å². The van der Waals surface area contributed by atoms with Crippen LogP contribution in [0.25, 0.3) is 0 Å². The Kier molecular flexibility index (Phi) is 43.7. The molecular weight excluding hydrogens is 993 g/mol. The quantitative estimate of drug-likeness (QED) is 0.0459. The monoisotopic (exact) mass is 1090 g/mol. The molecule has 0 N–H and O–H groups in total. The number of carbonyl (C=O) groups is 6. The highest BCUT2D eigenvalue weighted by atomic mass is 19.3. The van der Waals surface area contributed by atoms with Gasteiger partial charge in [0.15, 0.2) is 0 Å². The molecule has 0 saturated heterocycles. The lowest BCUT2D eigenvalue weighted by atomic mass is 9.91. The summed E-state index contributed by atoms with van der Waals surface area (Å²) in [6.07, 6.45) is -2.22. The number of halogens is 8. The zero-order valence-corrected chi connectivity index (χ0v) is 49.4. The Balaban J connectivity index is -0.000000188. The second-order valence-corrected chi connectivity index (χ2v) is 21.4. The van der Waals surface area contributed by atoms with Crippen molar-refractivity contribution in [2.24, 2.45) is 32.5 Å². The molecule has 0 aliphatic heterocycles. The van der Waals surface area contributed by atoms with E-state index in [1.54, 1.807) is 55.4 Å². The molecular formula is C54H100F8O12. The Morgan fingerprint density at radius 3 is 0.608 bits per heavy atom. The molecule has 0 unspecified atom stereocenters. The van der Waals surface area contributed by atoms with Crippen molar-refractivity contribution < 1.29 is 92.3 Å². The van der Waals surface area contributed by atoms with Gasteiger partial charge in [0, 0.05) is 25.7 Å². The van der Waals surface area contributed by atoms with Gasteiger partial charge in [0.05, 0.1) is 72.1 Å². The molecule has 0 rings (SSSR count). The van der Waals surface area contributed by atoms with Crippen LogP contribution >= 0.6 is 0 Å². The normalized spacial score (nSPS) is 12.0. The maximum absolute atomic E-state index is 12.4. The maximum atomic E-state index is 12.4. The highest BCUT2D eigenvalue weighted by Gasteiger charge is 2.32. The van der Waals surface area contributed by atoms with E-state index < -0.39 is 83.1 Å². The molecule has 0 saturated carbocycles. The van der Waals surface area contributed by atoms with Crippen LogP contribution < -0.4 is 0 Å². The van der Waals surface area contributed by atoms with Crippen molar-refractivity contribution in [1.82, 2.24) is 0 Å². The summed E-state index contributed by atoms with van der Waals surface area (Å²) >= 11 is 0. The first kappa shape index (κ1) is 81.6. The first-order valence-electron chi connectivity index (χ1n) is 25.6. The molecule has 0 aromatic heterocycles. The molecule has 444 valence electrons. The van der Waals surface area contributed by atoms with Gasteiger partial charge in [-0.3, -0.25) is 28.8 Å². The number of alkyl halides is 8. The summed E-state index contributed by atoms with van der Waals surface area (Å²) in [5.74, 6) is -7.37. The van der Waals surface area contributed by atoms with Gasteiger partial charge in [-0.15, -0.1) is 0 Å². The van der Waals surface area contributed by atoms with Crippen LogP contribution in [-0.2, 0) is 57.2 Å². The van der Waals surface area contributed by atoms with E-state index in [0.29, 0.717) is 38.9 Å². The van der Waals surface area contributed by atoms with Gasteiger partial charge in [-0.25, -0.2) is 35.1 Å². The summed E-state index contributed by atoms with van der Waals surface area (Å²) in [4.78, 5) is 67.2. The molecule has 0 atom stereocenters. The predicted molar refractivity (Wildman–Crippen MR) is 273 cm³/mol. The highest BCUT2D eigenvalue weighted by molar-refractivity contribution is 5.77. The minimum absolute atomic E-state index is 0.0995. The minimum atomic E-state index is -2.77. The van der Waals surface area contributed by atoms with E-state index in [-0.39, 0.29) is 62.0 Å². The maximum Gasteiger partial charge on any atom is 0.311 e. The van der Waals surface area contributed by atoms with E-state index in [9.17, 15) is 63.9 Å². The van der Waals surface area contributed by atoms with E-state index in [2.05, 4.69) is 9.47 Å². The summed E-state index contributed by atoms with van der Waals surface area (Å²) in [6.45, 7) is 38.2. The number of esters is 6. The van der Waals surface area contributed by atoms with Crippen molar-refractivity contribution in [3.8, 4) is 0 Å². The van der Waals surface area contributed by atoms with Crippen molar-refractivity contribution >= 4 is 35.8 Å². The molecule has 74 heavy (non-hydrogen) atoms. The highest BCUT2D eigenvalue weighted by Crippen LogP contribution is 2.26. The third kappa shape index (κ3) is 45.6. The van der Waals surface area contributed by atoms with Crippen molar-refractivity contribution in [2.75, 3.05) is 39.6 Å². The van der Waals surface area contributed by atoms with Crippen LogP contribution in [0, 0.1) is 32.5 Å². The zero-order chi connectivity index (χ0) is 60.2. The van der Waals surface area contributed by atoms with Crippen LogP contribution in [-0.4, -0.2) is 100 Å². The molecule has 12 nitrogen and oxygen atoms in total. The summed E-state index contributed by atoms with van der Waals surface area (Å²) < 4.78 is 125. The Hall–Kier alpha value is -3.74. The Morgan fingerprint density at radius 1 is 0.311 bits per heavy atom. The van der Waals surface area contributed by atoms with Gasteiger partial charge in [-0.1, -0.05) is 41.5 Å². The molecule has 20 heteroatoms. The van der Waals surface area contributed by atoms with Crippen LogP contribution in [0.4, 0.5) is 35.1 Å². The number of hydrogen-bond donors (Lipinski definition) is 0. The molecule has 0 aromatic carbocycles. The summed E-state index contributed by atoms with van der Waals surface area (Å²) in [7, 11) is 0. The van der Waals surface area contributed by atoms with Crippen LogP contribution in [0.2, 0.25) is 0 Å². The zero-order valence-electron chi connectivity index (χ0n) is 49.4. The molecule has 0 radical (unpaired) electrons. The van der Waals surface area contributed by atoms with Gasteiger partial charge in [0.2, 0.25) is 24.7 Å². The van der Waals surface area contributed by atoms with Gasteiger partial charge in [0.1, 0.15) is 0 Å². The average Bonchev–Trinajstić information content (AvgIpc) is 3.28. The first-order chi connectivity index (χ1) is 33.3. The molecule has 0 aliphatic carbocycles. The lowest BCUT2D eigenvalue weighted by molar-refractivity contribution is -0.156. The van der Waals surface area contributed by atoms with Crippen LogP contribution in [0.5, 0.6) is 0 Å². The minimum Gasteiger partial charge on any atom is -0.466 e. The smallest absolute Gasteiger partial charge is 0.311 e. The third-order valence-electron chi connectivity index (χ3n) is 11.9. The fourth-order valence-electron chi connectivity index (χ4n) is 3.43. The van der Waals surface area contributed by atoms with Crippen LogP contribution in [0.3, 0.4) is 0 Å². The Morgan fingerprint density at radius 2 is 0.473 bits per heavy atom. The van der Waals surface area contributed by atoms with Gasteiger partial charge < -0.3 is 28.4 Å². The first-order valence-corrected chi connectivity index (χ1v) is 25.6. The fourth-order valence-corrected chi connectivity index (χ4v) is 3.43. The molecule has 0 aromatic rings. The number of carbonyl (C=O) groups excluding carboxylic acids is 6. The van der Waals surface area contributed by atoms with E-state index in [4.69, 9.17) is 18.9 Å². The van der Waals surface area contributed by atoms with Crippen molar-refractivity contribution in [1.29, 1.82) is 0 Å². The largest absolute Gasteiger partial charge is 0.466 e. The fraction of sp³-hybridized carbons (Fsp3) is 0.889. The SMILES string of the molecule is CCC(C)(C)C(=O)OCCC(C)(F)F.CCC(C)(C)C(=O)OCCC(C)(F)F.CCC(C)(C)C(=O)OCCC(F)F.CCC(C)(C)C(=O)OCCC(F)F.CCOC(=O)C(C)(C)CC.CCOC(=O)C(C)(C)CC. The number of hydrogen-bond acceptors (Lipinski definition) is 12. The standard InChI is InChI=1S/2C10H18F2O2.2C9H16F2O2.2C8H16O2/c2*1-5-9(2,3)8(13)14-7-6-10(4,11)12;2*1-4-9(2,3)8(12)13-6-5-7(10)11;2*1-5-8(3,4)7(9)10-6-2/h2*5-7H2,1-4H3;2*7H,4-6H2,1-3H3;2*5-6H2,1-4H3. The van der Waals surface area contributed by atoms with E-state index >= 15 is 0 Å². The molecule has 0 fully saturated rings. The molecule has 0 aliphatic rings. The van der Waals surface area contributed by atoms with Gasteiger partial charge in [-0.2, -0.15) is 0 Å². The van der Waals surface area contributed by atoms with Gasteiger partial charge in [-0.05, 0) is 149 Å². The lowest BCUT2D eigenvalue weighted by Gasteiger charge is -2.20. The number of rotatable bonds is 26. The number of ether oxygens (including phenoxy) is 6. The Labute approximate surface area is 440 Å². The third-order valence-corrected chi connectivity index (χ3v) is 11.9. The summed E-state index contributed by atoms with van der Waals surface area (Å²) in [6, 6.07) is 0. The Bertz CT molecular complexity index is 1420. The molecule has 0 spiro atoms. The van der Waals surface area contributed by atoms with Crippen LogP contribution in [0.1, 0.15) is 217 Å². The average molecular weight is 1090 g/mol. The lowest BCUT2D eigenvalue weighted by Crippen LogP contribution is -2.27. The summed E-state index contributed by atoms with van der Waals surface area (Å²) in [5, 5.41) is 0.